The Morgan fingerprint density at radius 2 is 2.06 bits per heavy atom. The molecule has 2 rings (SSSR count). The minimum absolute atomic E-state index is 0.444. The van der Waals surface area contributed by atoms with Crippen LogP contribution in [0.15, 0.2) is 30.3 Å². The molecule has 0 unspecified atom stereocenters. The first-order chi connectivity index (χ1) is 8.66. The number of nitrogens with one attached hydrogen (secondary N) is 1. The van der Waals surface area contributed by atoms with Gasteiger partial charge in [-0.2, -0.15) is 0 Å². The number of carboxylic acid groups (broad SMARTS) is 1. The molecule has 96 valence electrons. The third-order valence-corrected chi connectivity index (χ3v) is 2.71. The molecule has 0 saturated carbocycles. The molecule has 1 aliphatic rings. The summed E-state index contributed by atoms with van der Waals surface area (Å²) >= 11 is 0. The largest absolute Gasteiger partial charge is 0.480 e. The quantitative estimate of drug-likeness (QED) is 0.853. The van der Waals surface area contributed by atoms with Crippen LogP contribution in [0.25, 0.3) is 0 Å². The Morgan fingerprint density at radius 1 is 1.33 bits per heavy atom. The van der Waals surface area contributed by atoms with E-state index in [1.54, 1.807) is 24.3 Å². The summed E-state index contributed by atoms with van der Waals surface area (Å²) in [6.07, 6.45) is 0.526. The number of aliphatic carboxylic acids is 1. The van der Waals surface area contributed by atoms with E-state index < -0.39 is 18.1 Å². The van der Waals surface area contributed by atoms with Crippen LogP contribution in [0.2, 0.25) is 0 Å². The van der Waals surface area contributed by atoms with Crippen LogP contribution in [0.4, 0.5) is 10.5 Å². The normalized spacial score (nSPS) is 19.4. The summed E-state index contributed by atoms with van der Waals surface area (Å²) in [5.41, 5.74) is 0.605. The SMILES string of the molecule is O=C(Nc1ccccc1)ON1CCC[C@H]1C(=O)O. The first-order valence-electron chi connectivity index (χ1n) is 5.70. The average molecular weight is 250 g/mol. The van der Waals surface area contributed by atoms with Crippen LogP contribution in [0.1, 0.15) is 12.8 Å². The van der Waals surface area contributed by atoms with E-state index in [0.717, 1.165) is 0 Å². The Labute approximate surface area is 104 Å². The fourth-order valence-electron chi connectivity index (χ4n) is 1.86. The van der Waals surface area contributed by atoms with Gasteiger partial charge >= 0.3 is 12.1 Å². The van der Waals surface area contributed by atoms with Gasteiger partial charge in [-0.05, 0) is 25.0 Å². The molecule has 1 atom stereocenters. The highest BCUT2D eigenvalue weighted by molar-refractivity contribution is 5.84. The van der Waals surface area contributed by atoms with Gasteiger partial charge in [0.25, 0.3) is 0 Å². The van der Waals surface area contributed by atoms with Crippen molar-refractivity contribution < 1.29 is 19.5 Å². The second kappa shape index (κ2) is 5.50. The average Bonchev–Trinajstić information content (AvgIpc) is 2.78. The summed E-state index contributed by atoms with van der Waals surface area (Å²) in [5, 5.41) is 12.7. The van der Waals surface area contributed by atoms with E-state index in [9.17, 15) is 9.59 Å². The number of para-hydroxylation sites is 1. The number of benzene rings is 1. The Kier molecular flexibility index (Phi) is 3.78. The summed E-state index contributed by atoms with van der Waals surface area (Å²) in [4.78, 5) is 27.5. The van der Waals surface area contributed by atoms with Crippen molar-refractivity contribution >= 4 is 17.7 Å². The highest BCUT2D eigenvalue weighted by atomic mass is 16.7. The van der Waals surface area contributed by atoms with Crippen LogP contribution in [-0.2, 0) is 9.63 Å². The number of rotatable bonds is 3. The molecule has 1 aromatic carbocycles. The van der Waals surface area contributed by atoms with Crippen LogP contribution in [0.5, 0.6) is 0 Å². The molecule has 0 spiro atoms. The van der Waals surface area contributed by atoms with Gasteiger partial charge in [0.2, 0.25) is 0 Å². The molecule has 6 nitrogen and oxygen atoms in total. The Hall–Kier alpha value is -2.08. The lowest BCUT2D eigenvalue weighted by Gasteiger charge is -2.19. The number of carbonyl (C=O) groups excluding carboxylic acids is 1. The fraction of sp³-hybridized carbons (Fsp3) is 0.333. The second-order valence-corrected chi connectivity index (χ2v) is 4.01. The number of hydroxylamine groups is 2. The van der Waals surface area contributed by atoms with Crippen LogP contribution >= 0.6 is 0 Å². The molecule has 1 aromatic rings. The maximum absolute atomic E-state index is 11.6. The van der Waals surface area contributed by atoms with Gasteiger partial charge in [0, 0.05) is 12.2 Å². The predicted octanol–water partition coefficient (Wildman–Crippen LogP) is 1.70. The zero-order valence-electron chi connectivity index (χ0n) is 9.70. The van der Waals surface area contributed by atoms with Crippen molar-refractivity contribution in [1.82, 2.24) is 5.06 Å². The van der Waals surface area contributed by atoms with Gasteiger partial charge in [0.05, 0.1) is 0 Å². The highest BCUT2D eigenvalue weighted by Gasteiger charge is 2.33. The van der Waals surface area contributed by atoms with Crippen LogP contribution in [-0.4, -0.2) is 34.8 Å². The van der Waals surface area contributed by atoms with E-state index in [-0.39, 0.29) is 0 Å². The molecular weight excluding hydrogens is 236 g/mol. The van der Waals surface area contributed by atoms with E-state index in [2.05, 4.69) is 5.32 Å². The van der Waals surface area contributed by atoms with Crippen molar-refractivity contribution in [2.75, 3.05) is 11.9 Å². The maximum Gasteiger partial charge on any atom is 0.430 e. The Balaban J connectivity index is 1.90. The van der Waals surface area contributed by atoms with E-state index in [0.29, 0.717) is 25.1 Å². The van der Waals surface area contributed by atoms with E-state index >= 15 is 0 Å². The van der Waals surface area contributed by atoms with Gasteiger partial charge in [-0.15, -0.1) is 5.06 Å². The van der Waals surface area contributed by atoms with E-state index in [1.165, 1.54) is 5.06 Å². The molecule has 0 aliphatic carbocycles. The van der Waals surface area contributed by atoms with Crippen molar-refractivity contribution in [3.8, 4) is 0 Å². The number of hydrogen-bond donors (Lipinski definition) is 2. The number of amides is 1. The number of hydrogen-bond acceptors (Lipinski definition) is 4. The molecule has 0 radical (unpaired) electrons. The number of nitrogens with zero attached hydrogens (tertiary/aromatic N) is 1. The Morgan fingerprint density at radius 3 is 2.72 bits per heavy atom. The minimum atomic E-state index is -0.972. The fourth-order valence-corrected chi connectivity index (χ4v) is 1.86. The molecule has 0 bridgehead atoms. The van der Waals surface area contributed by atoms with Gasteiger partial charge in [-0.1, -0.05) is 18.2 Å². The summed E-state index contributed by atoms with van der Waals surface area (Å²) in [7, 11) is 0. The summed E-state index contributed by atoms with van der Waals surface area (Å²) < 4.78 is 0. The standard InChI is InChI=1S/C12H14N2O4/c15-11(16)10-7-4-8-14(10)18-12(17)13-9-5-2-1-3-6-9/h1-3,5-6,10H,4,7-8H2,(H,13,17)(H,15,16)/t10-/m0/s1. The van der Waals surface area contributed by atoms with E-state index in [1.807, 2.05) is 6.07 Å². The van der Waals surface area contributed by atoms with Gasteiger partial charge < -0.3 is 9.94 Å². The van der Waals surface area contributed by atoms with Crippen LogP contribution < -0.4 is 5.32 Å². The number of anilines is 1. The molecule has 1 saturated heterocycles. The lowest BCUT2D eigenvalue weighted by Crippen LogP contribution is -2.38. The zero-order valence-corrected chi connectivity index (χ0v) is 9.70. The number of carboxylic acids is 1. The first kappa shape index (κ1) is 12.4. The molecular formula is C12H14N2O4. The van der Waals surface area contributed by atoms with Crippen molar-refractivity contribution in [2.24, 2.45) is 0 Å². The smallest absolute Gasteiger partial charge is 0.430 e. The van der Waals surface area contributed by atoms with Crippen molar-refractivity contribution in [1.29, 1.82) is 0 Å². The van der Waals surface area contributed by atoms with Crippen molar-refractivity contribution in [3.05, 3.63) is 30.3 Å². The first-order valence-corrected chi connectivity index (χ1v) is 5.70. The predicted molar refractivity (Wildman–Crippen MR) is 63.9 cm³/mol. The third-order valence-electron chi connectivity index (χ3n) is 2.71. The van der Waals surface area contributed by atoms with Crippen LogP contribution in [0.3, 0.4) is 0 Å². The molecule has 1 aliphatic heterocycles. The molecule has 1 fully saturated rings. The Bertz CT molecular complexity index is 435. The summed E-state index contributed by atoms with van der Waals surface area (Å²) in [6.45, 7) is 0.444. The molecule has 18 heavy (non-hydrogen) atoms. The second-order valence-electron chi connectivity index (χ2n) is 4.01. The highest BCUT2D eigenvalue weighted by Crippen LogP contribution is 2.18. The molecule has 1 amide bonds. The monoisotopic (exact) mass is 250 g/mol. The number of carbonyl (C=O) groups is 2. The molecule has 0 aromatic heterocycles. The molecule has 6 heteroatoms. The van der Waals surface area contributed by atoms with Gasteiger partial charge in [0.1, 0.15) is 6.04 Å². The lowest BCUT2D eigenvalue weighted by atomic mass is 10.2. The topological polar surface area (TPSA) is 78.9 Å². The third kappa shape index (κ3) is 2.98. The summed E-state index contributed by atoms with van der Waals surface area (Å²) in [6, 6.07) is 8.10. The zero-order chi connectivity index (χ0) is 13.0. The van der Waals surface area contributed by atoms with Crippen LogP contribution in [0, 0.1) is 0 Å². The maximum atomic E-state index is 11.6. The minimum Gasteiger partial charge on any atom is -0.480 e. The molecule has 2 N–H and O–H groups in total. The van der Waals surface area contributed by atoms with Crippen molar-refractivity contribution in [3.63, 3.8) is 0 Å². The van der Waals surface area contributed by atoms with Gasteiger partial charge in [0.15, 0.2) is 0 Å². The van der Waals surface area contributed by atoms with E-state index in [4.69, 9.17) is 9.94 Å². The summed E-state index contributed by atoms with van der Waals surface area (Å²) in [5.74, 6) is -0.972. The van der Waals surface area contributed by atoms with Gasteiger partial charge in [-0.25, -0.2) is 4.79 Å². The molecule has 1 heterocycles. The van der Waals surface area contributed by atoms with Crippen molar-refractivity contribution in [2.45, 2.75) is 18.9 Å². The lowest BCUT2D eigenvalue weighted by molar-refractivity contribution is -0.160. The van der Waals surface area contributed by atoms with Gasteiger partial charge in [-0.3, -0.25) is 10.1 Å².